The van der Waals surface area contributed by atoms with Gasteiger partial charge in [-0.3, -0.25) is 14.5 Å². The number of rotatable bonds is 13. The van der Waals surface area contributed by atoms with Crippen molar-refractivity contribution in [2.75, 3.05) is 27.3 Å². The molecule has 2 atom stereocenters. The molecule has 5 aliphatic rings. The van der Waals surface area contributed by atoms with Crippen LogP contribution in [0.5, 0.6) is 11.8 Å². The number of carbonyl (C=O) groups is 2. The van der Waals surface area contributed by atoms with E-state index in [1.165, 1.54) is 7.11 Å². The average Bonchev–Trinajstić information content (AvgIpc) is 3.80. The first kappa shape index (κ1) is 39.2. The first-order chi connectivity index (χ1) is 27.4. The highest BCUT2D eigenvalue weighted by molar-refractivity contribution is 6.36. The standard InChI is InChI=1S/C43H45ClF3N5O5/c1-56-39-27(22-48-21-24-9-12-28(53)17-24)11-14-34(50-39)33-8-4-7-32(37(33)44)30-6-3-5-29-26(10-13-31(29)30)18-35-38(43(45,46)47)49-36(40(51-35)57-2)23-52-16-15-25-19-42(52,20-25)41(54)55/h3-8,11,14,24-26,48H,9-10,12-13,15-23H2,1-2H3,(H,54,55)/t24-,25?,26-,42?/m1/s1. The largest absolute Gasteiger partial charge is 0.481 e. The third-order valence-corrected chi connectivity index (χ3v) is 12.9. The van der Waals surface area contributed by atoms with Gasteiger partial charge in [0.15, 0.2) is 5.69 Å². The number of nitrogens with one attached hydrogen (secondary N) is 1. The van der Waals surface area contributed by atoms with Crippen LogP contribution in [0.3, 0.4) is 0 Å². The second kappa shape index (κ2) is 15.6. The summed E-state index contributed by atoms with van der Waals surface area (Å²) in [5, 5.41) is 14.0. The van der Waals surface area contributed by atoms with Crippen LogP contribution in [-0.4, -0.2) is 69.6 Å². The van der Waals surface area contributed by atoms with Crippen LogP contribution in [-0.2, 0) is 41.7 Å². The van der Waals surface area contributed by atoms with Crippen molar-refractivity contribution in [3.8, 4) is 34.1 Å². The van der Waals surface area contributed by atoms with E-state index in [2.05, 4.69) is 15.3 Å². The fraction of sp³-hybridized carbons (Fsp3) is 0.465. The number of nitrogens with zero attached hydrogens (tertiary/aromatic N) is 4. The molecule has 2 bridgehead atoms. The SMILES string of the molecule is COc1nc(-c2cccc(-c3cccc4c3CC[C@@H]4Cc3nc(OC)c(CN4CCC5CC4(C(=O)O)C5)nc3C(F)(F)F)c2Cl)ccc1CNC[C@@H]1CCC(=O)C1. The highest BCUT2D eigenvalue weighted by Crippen LogP contribution is 2.50. The minimum atomic E-state index is -4.78. The maximum atomic E-state index is 14.7. The summed E-state index contributed by atoms with van der Waals surface area (Å²) >= 11 is 7.16. The predicted molar refractivity (Wildman–Crippen MR) is 207 cm³/mol. The summed E-state index contributed by atoms with van der Waals surface area (Å²) in [5.41, 5.74) is 3.52. The Morgan fingerprint density at radius 2 is 1.70 bits per heavy atom. The lowest BCUT2D eigenvalue weighted by molar-refractivity contribution is -0.172. The van der Waals surface area contributed by atoms with Gasteiger partial charge in [0.05, 0.1) is 30.6 Å². The van der Waals surface area contributed by atoms with Crippen LogP contribution in [0.1, 0.15) is 84.6 Å². The van der Waals surface area contributed by atoms with Crippen molar-refractivity contribution in [2.24, 2.45) is 11.8 Å². The second-order valence-electron chi connectivity index (χ2n) is 15.9. The van der Waals surface area contributed by atoms with Gasteiger partial charge in [-0.05, 0) is 98.5 Å². The van der Waals surface area contributed by atoms with Crippen molar-refractivity contribution in [3.63, 3.8) is 0 Å². The molecule has 14 heteroatoms. The summed E-state index contributed by atoms with van der Waals surface area (Å²) in [6.45, 7) is 1.66. The molecule has 9 rings (SSSR count). The quantitative estimate of drug-likeness (QED) is 0.137. The number of carboxylic acids is 1. The number of hydrogen-bond donors (Lipinski definition) is 2. The van der Waals surface area contributed by atoms with E-state index in [0.717, 1.165) is 52.8 Å². The molecule has 3 aliphatic carbocycles. The summed E-state index contributed by atoms with van der Waals surface area (Å²) < 4.78 is 55.3. The minimum Gasteiger partial charge on any atom is -0.481 e. The number of halogens is 4. The number of hydrogen-bond acceptors (Lipinski definition) is 9. The van der Waals surface area contributed by atoms with Crippen LogP contribution in [0.15, 0.2) is 48.5 Å². The zero-order chi connectivity index (χ0) is 40.1. The lowest BCUT2D eigenvalue weighted by Gasteiger charge is -2.56. The molecule has 0 spiro atoms. The number of ketones is 1. The summed E-state index contributed by atoms with van der Waals surface area (Å²) in [5.74, 6) is 0.221. The number of pyridine rings is 1. The lowest BCUT2D eigenvalue weighted by atomic mass is 9.62. The maximum Gasteiger partial charge on any atom is 0.435 e. The Labute approximate surface area is 334 Å². The molecule has 0 amide bonds. The van der Waals surface area contributed by atoms with Crippen LogP contribution in [0, 0.1) is 11.8 Å². The number of benzene rings is 2. The molecular formula is C43H45ClF3N5O5. The van der Waals surface area contributed by atoms with Gasteiger partial charge in [-0.15, -0.1) is 0 Å². The molecule has 2 aromatic carbocycles. The number of aromatic nitrogens is 3. The van der Waals surface area contributed by atoms with Crippen molar-refractivity contribution in [1.29, 1.82) is 0 Å². The third kappa shape index (κ3) is 7.49. The summed E-state index contributed by atoms with van der Waals surface area (Å²) in [6.07, 6.45) is 0.384. The molecule has 2 saturated carbocycles. The van der Waals surface area contributed by atoms with Crippen molar-refractivity contribution in [1.82, 2.24) is 25.2 Å². The van der Waals surface area contributed by atoms with E-state index in [0.29, 0.717) is 85.8 Å². The Morgan fingerprint density at radius 1 is 0.947 bits per heavy atom. The molecule has 2 aliphatic heterocycles. The molecule has 4 fully saturated rings. The van der Waals surface area contributed by atoms with E-state index < -0.39 is 23.4 Å². The molecule has 2 N–H and O–H groups in total. The van der Waals surface area contributed by atoms with Crippen molar-refractivity contribution in [3.05, 3.63) is 87.3 Å². The van der Waals surface area contributed by atoms with Crippen LogP contribution in [0.2, 0.25) is 5.02 Å². The molecule has 300 valence electrons. The van der Waals surface area contributed by atoms with Gasteiger partial charge < -0.3 is 19.9 Å². The lowest BCUT2D eigenvalue weighted by Crippen LogP contribution is -2.66. The van der Waals surface area contributed by atoms with Crippen LogP contribution < -0.4 is 14.8 Å². The minimum absolute atomic E-state index is 0.00311. The molecule has 4 heterocycles. The maximum absolute atomic E-state index is 14.7. The Hall–Kier alpha value is -4.59. The normalized spacial score (nSPS) is 23.0. The number of fused-ring (bicyclic) bond motifs is 3. The van der Waals surface area contributed by atoms with Gasteiger partial charge in [-0.2, -0.15) is 13.2 Å². The highest BCUT2D eigenvalue weighted by Gasteiger charge is 2.57. The third-order valence-electron chi connectivity index (χ3n) is 12.5. The number of methoxy groups -OCH3 is 2. The second-order valence-corrected chi connectivity index (χ2v) is 16.3. The van der Waals surface area contributed by atoms with E-state index in [-0.39, 0.29) is 36.2 Å². The molecule has 0 unspecified atom stereocenters. The molecule has 2 aromatic heterocycles. The van der Waals surface area contributed by atoms with Gasteiger partial charge in [0.25, 0.3) is 0 Å². The van der Waals surface area contributed by atoms with Crippen LogP contribution >= 0.6 is 11.6 Å². The zero-order valence-electron chi connectivity index (χ0n) is 31.9. The first-order valence-electron chi connectivity index (χ1n) is 19.5. The monoisotopic (exact) mass is 803 g/mol. The fourth-order valence-corrected chi connectivity index (χ4v) is 9.86. The molecule has 0 radical (unpaired) electrons. The van der Waals surface area contributed by atoms with E-state index in [4.69, 9.17) is 26.1 Å². The zero-order valence-corrected chi connectivity index (χ0v) is 32.7. The molecular weight excluding hydrogens is 759 g/mol. The molecule has 4 aromatic rings. The Bertz CT molecular complexity index is 2210. The van der Waals surface area contributed by atoms with Gasteiger partial charge >= 0.3 is 12.1 Å². The Kier molecular flexibility index (Phi) is 10.8. The van der Waals surface area contributed by atoms with Gasteiger partial charge in [0.1, 0.15) is 17.0 Å². The fourth-order valence-electron chi connectivity index (χ4n) is 9.54. The number of alkyl halides is 3. The van der Waals surface area contributed by atoms with Gasteiger partial charge in [0.2, 0.25) is 11.8 Å². The predicted octanol–water partition coefficient (Wildman–Crippen LogP) is 8.07. The van der Waals surface area contributed by atoms with Crippen LogP contribution in [0.25, 0.3) is 22.4 Å². The van der Waals surface area contributed by atoms with E-state index in [1.807, 2.05) is 48.5 Å². The van der Waals surface area contributed by atoms with Crippen molar-refractivity contribution >= 4 is 23.4 Å². The summed E-state index contributed by atoms with van der Waals surface area (Å²) in [6, 6.07) is 15.5. The number of aliphatic carboxylic acids is 1. The average molecular weight is 804 g/mol. The van der Waals surface area contributed by atoms with E-state index in [1.54, 1.807) is 12.0 Å². The Morgan fingerprint density at radius 3 is 2.42 bits per heavy atom. The molecule has 10 nitrogen and oxygen atoms in total. The van der Waals surface area contributed by atoms with Crippen LogP contribution in [0.4, 0.5) is 13.2 Å². The molecule has 2 saturated heterocycles. The topological polar surface area (TPSA) is 127 Å². The Balaban J connectivity index is 1.04. The highest BCUT2D eigenvalue weighted by atomic mass is 35.5. The number of Topliss-reactive ketones (excluding diaryl/α,β-unsaturated/α-hetero) is 1. The van der Waals surface area contributed by atoms with Crippen molar-refractivity contribution in [2.45, 2.75) is 88.5 Å². The number of carbonyl (C=O) groups excluding carboxylic acids is 1. The van der Waals surface area contributed by atoms with Crippen molar-refractivity contribution < 1.29 is 37.3 Å². The number of carboxylic acid groups (broad SMARTS) is 1. The first-order valence-corrected chi connectivity index (χ1v) is 19.9. The molecule has 57 heavy (non-hydrogen) atoms. The van der Waals surface area contributed by atoms with E-state index in [9.17, 15) is 27.9 Å². The number of piperidine rings is 2. The van der Waals surface area contributed by atoms with Gasteiger partial charge in [-0.1, -0.05) is 54.1 Å². The van der Waals surface area contributed by atoms with Gasteiger partial charge in [0, 0.05) is 42.6 Å². The van der Waals surface area contributed by atoms with Gasteiger partial charge in [-0.25, -0.2) is 15.0 Å². The summed E-state index contributed by atoms with van der Waals surface area (Å²) in [4.78, 5) is 39.0. The number of ether oxygens (including phenoxy) is 2. The summed E-state index contributed by atoms with van der Waals surface area (Å²) in [7, 11) is 2.93. The van der Waals surface area contributed by atoms with E-state index >= 15 is 0 Å². The smallest absolute Gasteiger partial charge is 0.435 e.